The highest BCUT2D eigenvalue weighted by Crippen LogP contribution is 2.32. The molecular formula is C16H24N2O3S. The standard InChI is InChI=1S/C16H24N2O3S/c1-20-9-7-18-8-10-21-13-16(18)3-5-17(6-4-16)15(19)14-2-11-22-12-14/h2,11-12H,3-10,13H2,1H3. The fourth-order valence-corrected chi connectivity index (χ4v) is 4.10. The highest BCUT2D eigenvalue weighted by Gasteiger charge is 2.42. The fraction of sp³-hybridized carbons (Fsp3) is 0.688. The molecule has 6 heteroatoms. The normalized spacial score (nSPS) is 22.1. The second-order valence-electron chi connectivity index (χ2n) is 6.06. The molecule has 122 valence electrons. The number of piperidine rings is 1. The monoisotopic (exact) mass is 324 g/mol. The smallest absolute Gasteiger partial charge is 0.254 e. The van der Waals surface area contributed by atoms with E-state index in [0.29, 0.717) is 0 Å². The Balaban J connectivity index is 1.62. The van der Waals surface area contributed by atoms with E-state index in [2.05, 4.69) is 4.90 Å². The van der Waals surface area contributed by atoms with E-state index < -0.39 is 0 Å². The van der Waals surface area contributed by atoms with Crippen molar-refractivity contribution in [1.29, 1.82) is 0 Å². The van der Waals surface area contributed by atoms with Gasteiger partial charge in [0, 0.05) is 44.2 Å². The molecule has 0 N–H and O–H groups in total. The average Bonchev–Trinajstić information content (AvgIpc) is 3.09. The number of thiophene rings is 1. The summed E-state index contributed by atoms with van der Waals surface area (Å²) in [4.78, 5) is 16.9. The summed E-state index contributed by atoms with van der Waals surface area (Å²) in [5.74, 6) is 0.163. The molecule has 0 radical (unpaired) electrons. The van der Waals surface area contributed by atoms with Crippen molar-refractivity contribution in [3.05, 3.63) is 22.4 Å². The van der Waals surface area contributed by atoms with Crippen LogP contribution in [0.5, 0.6) is 0 Å². The van der Waals surface area contributed by atoms with Crippen molar-refractivity contribution < 1.29 is 14.3 Å². The number of methoxy groups -OCH3 is 1. The van der Waals surface area contributed by atoms with Gasteiger partial charge in [0.05, 0.1) is 25.4 Å². The summed E-state index contributed by atoms with van der Waals surface area (Å²) in [7, 11) is 1.75. The van der Waals surface area contributed by atoms with Crippen LogP contribution in [0, 0.1) is 0 Å². The minimum atomic E-state index is 0.0855. The highest BCUT2D eigenvalue weighted by molar-refractivity contribution is 7.08. The number of carbonyl (C=O) groups is 1. The van der Waals surface area contributed by atoms with Gasteiger partial charge in [0.1, 0.15) is 0 Å². The van der Waals surface area contributed by atoms with Crippen molar-refractivity contribution in [3.63, 3.8) is 0 Å². The van der Waals surface area contributed by atoms with Crippen LogP contribution in [0.2, 0.25) is 0 Å². The Kier molecular flexibility index (Phi) is 5.13. The average molecular weight is 324 g/mol. The largest absolute Gasteiger partial charge is 0.383 e. The Labute approximate surface area is 135 Å². The Hall–Kier alpha value is -0.950. The van der Waals surface area contributed by atoms with Crippen molar-refractivity contribution in [3.8, 4) is 0 Å². The van der Waals surface area contributed by atoms with Crippen molar-refractivity contribution in [2.75, 3.05) is 53.1 Å². The summed E-state index contributed by atoms with van der Waals surface area (Å²) in [6.45, 7) is 5.84. The van der Waals surface area contributed by atoms with Crippen LogP contribution >= 0.6 is 11.3 Å². The van der Waals surface area contributed by atoms with E-state index in [4.69, 9.17) is 9.47 Å². The van der Waals surface area contributed by atoms with Gasteiger partial charge in [-0.1, -0.05) is 0 Å². The van der Waals surface area contributed by atoms with Crippen LogP contribution in [0.4, 0.5) is 0 Å². The molecule has 1 aromatic rings. The van der Waals surface area contributed by atoms with Gasteiger partial charge in [-0.05, 0) is 24.3 Å². The number of nitrogens with zero attached hydrogens (tertiary/aromatic N) is 2. The lowest BCUT2D eigenvalue weighted by molar-refractivity contribution is -0.0968. The number of hydrogen-bond acceptors (Lipinski definition) is 5. The van der Waals surface area contributed by atoms with E-state index in [1.54, 1.807) is 18.4 Å². The number of morpholine rings is 1. The van der Waals surface area contributed by atoms with E-state index in [-0.39, 0.29) is 11.4 Å². The summed E-state index contributed by atoms with van der Waals surface area (Å²) in [5, 5.41) is 3.89. The van der Waals surface area contributed by atoms with Crippen molar-refractivity contribution in [1.82, 2.24) is 9.80 Å². The van der Waals surface area contributed by atoms with E-state index in [0.717, 1.165) is 64.4 Å². The Morgan fingerprint density at radius 2 is 2.23 bits per heavy atom. The topological polar surface area (TPSA) is 42.0 Å². The Morgan fingerprint density at radius 3 is 2.91 bits per heavy atom. The van der Waals surface area contributed by atoms with Gasteiger partial charge in [-0.25, -0.2) is 0 Å². The predicted molar refractivity (Wildman–Crippen MR) is 86.5 cm³/mol. The van der Waals surface area contributed by atoms with Gasteiger partial charge in [-0.15, -0.1) is 0 Å². The minimum Gasteiger partial charge on any atom is -0.383 e. The number of carbonyl (C=O) groups excluding carboxylic acids is 1. The molecule has 2 aliphatic heterocycles. The van der Waals surface area contributed by atoms with E-state index in [1.807, 2.05) is 21.7 Å². The molecule has 0 bridgehead atoms. The Morgan fingerprint density at radius 1 is 1.41 bits per heavy atom. The lowest BCUT2D eigenvalue weighted by atomic mass is 9.85. The number of likely N-dealkylation sites (tertiary alicyclic amines) is 1. The molecule has 5 nitrogen and oxygen atoms in total. The number of amides is 1. The number of hydrogen-bond donors (Lipinski definition) is 0. The third-order valence-corrected chi connectivity index (χ3v) is 5.55. The molecule has 0 unspecified atom stereocenters. The summed E-state index contributed by atoms with van der Waals surface area (Å²) in [6.07, 6.45) is 1.96. The summed E-state index contributed by atoms with van der Waals surface area (Å²) < 4.78 is 11.0. The Bertz CT molecular complexity index is 484. The molecule has 2 aliphatic rings. The second-order valence-corrected chi connectivity index (χ2v) is 6.84. The van der Waals surface area contributed by atoms with Gasteiger partial charge in [0.15, 0.2) is 0 Å². The minimum absolute atomic E-state index is 0.0855. The number of rotatable bonds is 4. The predicted octanol–water partition coefficient (Wildman–Crippen LogP) is 1.70. The molecule has 1 aromatic heterocycles. The lowest BCUT2D eigenvalue weighted by Crippen LogP contribution is -2.62. The first-order valence-electron chi connectivity index (χ1n) is 7.88. The van der Waals surface area contributed by atoms with Crippen LogP contribution in [-0.2, 0) is 9.47 Å². The van der Waals surface area contributed by atoms with Crippen LogP contribution in [0.3, 0.4) is 0 Å². The zero-order chi connectivity index (χ0) is 15.4. The van der Waals surface area contributed by atoms with Gasteiger partial charge in [0.25, 0.3) is 5.91 Å². The SMILES string of the molecule is COCCN1CCOCC12CCN(C(=O)c1ccsc1)CC2. The fourth-order valence-electron chi connectivity index (χ4n) is 3.47. The zero-order valence-corrected chi connectivity index (χ0v) is 13.9. The van der Waals surface area contributed by atoms with Crippen LogP contribution in [0.15, 0.2) is 16.8 Å². The molecule has 0 aromatic carbocycles. The summed E-state index contributed by atoms with van der Waals surface area (Å²) >= 11 is 1.57. The molecule has 22 heavy (non-hydrogen) atoms. The molecule has 2 fully saturated rings. The first-order valence-corrected chi connectivity index (χ1v) is 8.83. The maximum absolute atomic E-state index is 12.5. The lowest BCUT2D eigenvalue weighted by Gasteiger charge is -2.51. The van der Waals surface area contributed by atoms with E-state index in [9.17, 15) is 4.79 Å². The third-order valence-electron chi connectivity index (χ3n) is 4.86. The molecule has 2 saturated heterocycles. The molecular weight excluding hydrogens is 300 g/mol. The molecule has 1 spiro atoms. The van der Waals surface area contributed by atoms with E-state index in [1.165, 1.54) is 0 Å². The molecule has 3 rings (SSSR count). The first-order chi connectivity index (χ1) is 10.7. The maximum Gasteiger partial charge on any atom is 0.254 e. The third kappa shape index (κ3) is 3.20. The molecule has 0 saturated carbocycles. The van der Waals surface area contributed by atoms with E-state index >= 15 is 0 Å². The van der Waals surface area contributed by atoms with Gasteiger partial charge in [-0.3, -0.25) is 9.69 Å². The second kappa shape index (κ2) is 7.08. The first kappa shape index (κ1) is 15.9. The zero-order valence-electron chi connectivity index (χ0n) is 13.1. The molecule has 3 heterocycles. The summed E-state index contributed by atoms with van der Waals surface area (Å²) in [5.41, 5.74) is 0.902. The number of ether oxygens (including phenoxy) is 2. The summed E-state index contributed by atoms with van der Waals surface area (Å²) in [6, 6.07) is 1.91. The van der Waals surface area contributed by atoms with Gasteiger partial charge < -0.3 is 14.4 Å². The molecule has 0 atom stereocenters. The highest BCUT2D eigenvalue weighted by atomic mass is 32.1. The van der Waals surface area contributed by atoms with Crippen LogP contribution in [0.25, 0.3) is 0 Å². The maximum atomic E-state index is 12.5. The quantitative estimate of drug-likeness (QED) is 0.845. The van der Waals surface area contributed by atoms with Crippen molar-refractivity contribution >= 4 is 17.2 Å². The van der Waals surface area contributed by atoms with Crippen LogP contribution < -0.4 is 0 Å². The van der Waals surface area contributed by atoms with Gasteiger partial charge in [-0.2, -0.15) is 11.3 Å². The van der Waals surface area contributed by atoms with Crippen LogP contribution in [0.1, 0.15) is 23.2 Å². The van der Waals surface area contributed by atoms with Crippen molar-refractivity contribution in [2.45, 2.75) is 18.4 Å². The van der Waals surface area contributed by atoms with Crippen LogP contribution in [-0.4, -0.2) is 74.4 Å². The van der Waals surface area contributed by atoms with Gasteiger partial charge >= 0.3 is 0 Å². The van der Waals surface area contributed by atoms with Crippen molar-refractivity contribution in [2.24, 2.45) is 0 Å². The molecule has 1 amide bonds. The van der Waals surface area contributed by atoms with Gasteiger partial charge in [0.2, 0.25) is 0 Å². The molecule has 0 aliphatic carbocycles.